The molecular formula is C20H28N4. The summed E-state index contributed by atoms with van der Waals surface area (Å²) in [6.07, 6.45) is 2.44. The summed E-state index contributed by atoms with van der Waals surface area (Å²) in [7, 11) is 0. The van der Waals surface area contributed by atoms with Crippen molar-refractivity contribution in [1.82, 2.24) is 9.97 Å². The molecule has 0 atom stereocenters. The number of rotatable bonds is 4. The van der Waals surface area contributed by atoms with Crippen molar-refractivity contribution < 1.29 is 0 Å². The van der Waals surface area contributed by atoms with Gasteiger partial charge in [-0.3, -0.25) is 0 Å². The number of aryl methyl sites for hydroxylation is 1. The van der Waals surface area contributed by atoms with Gasteiger partial charge in [-0.2, -0.15) is 4.98 Å². The number of aromatic nitrogens is 2. The van der Waals surface area contributed by atoms with Gasteiger partial charge in [-0.05, 0) is 49.3 Å². The van der Waals surface area contributed by atoms with Gasteiger partial charge in [0.15, 0.2) is 0 Å². The van der Waals surface area contributed by atoms with Crippen molar-refractivity contribution in [3.8, 4) is 0 Å². The molecule has 1 aliphatic heterocycles. The molecule has 0 spiro atoms. The zero-order chi connectivity index (χ0) is 17.1. The Labute approximate surface area is 145 Å². The van der Waals surface area contributed by atoms with Crippen LogP contribution in [0.5, 0.6) is 0 Å². The van der Waals surface area contributed by atoms with E-state index in [0.29, 0.717) is 5.92 Å². The van der Waals surface area contributed by atoms with Crippen molar-refractivity contribution >= 4 is 17.5 Å². The molecule has 0 radical (unpaired) electrons. The average Bonchev–Trinajstić information content (AvgIpc) is 2.55. The molecule has 0 bridgehead atoms. The predicted octanol–water partition coefficient (Wildman–Crippen LogP) is 4.89. The molecule has 1 saturated heterocycles. The molecule has 1 aromatic carbocycles. The second kappa shape index (κ2) is 7.20. The molecule has 128 valence electrons. The number of piperidine rings is 1. The molecule has 4 nitrogen and oxygen atoms in total. The highest BCUT2D eigenvalue weighted by Crippen LogP contribution is 2.24. The van der Waals surface area contributed by atoms with Crippen molar-refractivity contribution in [2.75, 3.05) is 23.3 Å². The normalized spacial score (nSPS) is 15.8. The second-order valence-corrected chi connectivity index (χ2v) is 7.27. The lowest BCUT2D eigenvalue weighted by atomic mass is 10.00. The summed E-state index contributed by atoms with van der Waals surface area (Å²) in [4.78, 5) is 11.7. The highest BCUT2D eigenvalue weighted by Gasteiger charge is 2.18. The molecule has 0 amide bonds. The first-order valence-electron chi connectivity index (χ1n) is 8.99. The minimum Gasteiger partial charge on any atom is -0.341 e. The van der Waals surface area contributed by atoms with E-state index in [4.69, 9.17) is 4.98 Å². The van der Waals surface area contributed by atoms with Crippen molar-refractivity contribution in [1.29, 1.82) is 0 Å². The van der Waals surface area contributed by atoms with E-state index in [9.17, 15) is 0 Å². The summed E-state index contributed by atoms with van der Waals surface area (Å²) in [5.74, 6) is 3.08. The Balaban J connectivity index is 1.76. The van der Waals surface area contributed by atoms with E-state index >= 15 is 0 Å². The summed E-state index contributed by atoms with van der Waals surface area (Å²) in [5, 5.41) is 3.42. The molecular weight excluding hydrogens is 296 g/mol. The third-order valence-electron chi connectivity index (χ3n) is 4.76. The van der Waals surface area contributed by atoms with Crippen LogP contribution in [0.4, 0.5) is 17.5 Å². The van der Waals surface area contributed by atoms with Crippen LogP contribution in [0, 0.1) is 12.8 Å². The first-order chi connectivity index (χ1) is 11.5. The Morgan fingerprint density at radius 3 is 2.38 bits per heavy atom. The summed E-state index contributed by atoms with van der Waals surface area (Å²) in [5.41, 5.74) is 3.41. The molecule has 24 heavy (non-hydrogen) atoms. The van der Waals surface area contributed by atoms with E-state index in [1.165, 1.54) is 18.4 Å². The molecule has 4 heteroatoms. The predicted molar refractivity (Wildman–Crippen MR) is 101 cm³/mol. The third-order valence-corrected chi connectivity index (χ3v) is 4.76. The van der Waals surface area contributed by atoms with E-state index in [1.807, 2.05) is 13.0 Å². The van der Waals surface area contributed by atoms with Crippen molar-refractivity contribution in [2.24, 2.45) is 5.92 Å². The molecule has 1 fully saturated rings. The van der Waals surface area contributed by atoms with E-state index < -0.39 is 0 Å². The highest BCUT2D eigenvalue weighted by atomic mass is 15.3. The number of nitrogens with one attached hydrogen (secondary N) is 1. The van der Waals surface area contributed by atoms with E-state index in [1.54, 1.807) is 0 Å². The fourth-order valence-electron chi connectivity index (χ4n) is 3.07. The van der Waals surface area contributed by atoms with E-state index in [-0.39, 0.29) is 0 Å². The van der Waals surface area contributed by atoms with Crippen LogP contribution in [-0.2, 0) is 0 Å². The van der Waals surface area contributed by atoms with Gasteiger partial charge in [0, 0.05) is 30.5 Å². The first-order valence-corrected chi connectivity index (χ1v) is 8.99. The Morgan fingerprint density at radius 2 is 1.75 bits per heavy atom. The Hall–Kier alpha value is -2.10. The zero-order valence-corrected chi connectivity index (χ0v) is 15.2. The largest absolute Gasteiger partial charge is 0.341 e. The van der Waals surface area contributed by atoms with Crippen molar-refractivity contribution in [3.63, 3.8) is 0 Å². The third kappa shape index (κ3) is 4.05. The summed E-state index contributed by atoms with van der Waals surface area (Å²) >= 11 is 0. The van der Waals surface area contributed by atoms with E-state index in [2.05, 4.69) is 60.2 Å². The summed E-state index contributed by atoms with van der Waals surface area (Å²) in [6, 6.07) is 10.6. The lowest BCUT2D eigenvalue weighted by Crippen LogP contribution is -2.34. The lowest BCUT2D eigenvalue weighted by Gasteiger charge is -2.30. The number of benzene rings is 1. The van der Waals surface area contributed by atoms with Crippen molar-refractivity contribution in [3.05, 3.63) is 41.6 Å². The van der Waals surface area contributed by atoms with Gasteiger partial charge in [0.25, 0.3) is 0 Å². The number of anilines is 3. The minimum absolute atomic E-state index is 0.549. The minimum atomic E-state index is 0.549. The highest BCUT2D eigenvalue weighted by molar-refractivity contribution is 5.58. The van der Waals surface area contributed by atoms with Crippen LogP contribution in [0.15, 0.2) is 30.3 Å². The maximum Gasteiger partial charge on any atom is 0.227 e. The van der Waals surface area contributed by atoms with Crippen LogP contribution in [0.1, 0.15) is 50.8 Å². The fraction of sp³-hybridized carbons (Fsp3) is 0.500. The van der Waals surface area contributed by atoms with Gasteiger partial charge in [-0.15, -0.1) is 0 Å². The fourth-order valence-corrected chi connectivity index (χ4v) is 3.07. The molecule has 1 N–H and O–H groups in total. The van der Waals surface area contributed by atoms with Crippen LogP contribution < -0.4 is 10.2 Å². The Kier molecular flexibility index (Phi) is 5.03. The van der Waals surface area contributed by atoms with Gasteiger partial charge in [0.2, 0.25) is 5.95 Å². The molecule has 2 aromatic rings. The van der Waals surface area contributed by atoms with E-state index in [0.717, 1.165) is 42.2 Å². The topological polar surface area (TPSA) is 41.1 Å². The smallest absolute Gasteiger partial charge is 0.227 e. The maximum absolute atomic E-state index is 4.74. The molecule has 3 rings (SSSR count). The van der Waals surface area contributed by atoms with Gasteiger partial charge in [0.05, 0.1) is 0 Å². The van der Waals surface area contributed by atoms with Crippen LogP contribution in [0.25, 0.3) is 0 Å². The Morgan fingerprint density at radius 1 is 1.08 bits per heavy atom. The SMILES string of the molecule is Cc1cc(Nc2ccc(C(C)C)cc2)nc(N2CCC(C)CC2)n1. The monoisotopic (exact) mass is 324 g/mol. The standard InChI is InChI=1S/C20H28N4/c1-14(2)17-5-7-18(8-6-17)22-19-13-16(4)21-20(23-19)24-11-9-15(3)10-12-24/h5-8,13-15H,9-12H2,1-4H3,(H,21,22,23). The summed E-state index contributed by atoms with van der Waals surface area (Å²) < 4.78 is 0. The maximum atomic E-state index is 4.74. The van der Waals surface area contributed by atoms with Crippen LogP contribution in [0.3, 0.4) is 0 Å². The lowest BCUT2D eigenvalue weighted by molar-refractivity contribution is 0.434. The average molecular weight is 324 g/mol. The zero-order valence-electron chi connectivity index (χ0n) is 15.2. The van der Waals surface area contributed by atoms with Crippen LogP contribution in [-0.4, -0.2) is 23.1 Å². The van der Waals surface area contributed by atoms with Gasteiger partial charge in [-0.1, -0.05) is 32.9 Å². The quantitative estimate of drug-likeness (QED) is 0.869. The number of nitrogens with zero attached hydrogens (tertiary/aromatic N) is 3. The summed E-state index contributed by atoms with van der Waals surface area (Å²) in [6.45, 7) is 10.9. The van der Waals surface area contributed by atoms with Gasteiger partial charge >= 0.3 is 0 Å². The van der Waals surface area contributed by atoms with Crippen LogP contribution >= 0.6 is 0 Å². The first kappa shape index (κ1) is 16.7. The number of hydrogen-bond donors (Lipinski definition) is 1. The molecule has 0 saturated carbocycles. The molecule has 1 aliphatic rings. The van der Waals surface area contributed by atoms with Gasteiger partial charge in [0.1, 0.15) is 5.82 Å². The van der Waals surface area contributed by atoms with Crippen LogP contribution in [0.2, 0.25) is 0 Å². The van der Waals surface area contributed by atoms with Gasteiger partial charge < -0.3 is 10.2 Å². The Bertz CT molecular complexity index is 671. The molecule has 0 unspecified atom stereocenters. The second-order valence-electron chi connectivity index (χ2n) is 7.27. The van der Waals surface area contributed by atoms with Gasteiger partial charge in [-0.25, -0.2) is 4.98 Å². The number of hydrogen-bond acceptors (Lipinski definition) is 4. The van der Waals surface area contributed by atoms with Crippen molar-refractivity contribution in [2.45, 2.75) is 46.5 Å². The molecule has 2 heterocycles. The molecule has 1 aromatic heterocycles. The molecule has 0 aliphatic carbocycles.